The van der Waals surface area contributed by atoms with Gasteiger partial charge in [-0.1, -0.05) is 189 Å². The summed E-state index contributed by atoms with van der Waals surface area (Å²) in [5.74, 6) is -4.65. The summed E-state index contributed by atoms with van der Waals surface area (Å²) in [7, 11) is 0. The molecular formula is C81H48O10. The Bertz CT molecular complexity index is 5170. The molecule has 0 unspecified atom stereocenters. The van der Waals surface area contributed by atoms with Crippen molar-refractivity contribution < 1.29 is 49.5 Å². The molecule has 0 spiro atoms. The first kappa shape index (κ1) is 50.0. The standard InChI is InChI=1S/C81H48O10/c1-76-74-72-73-75(76)80(45-18-8-40(9-19-45)35-60(88)89)67-52-27-25-50-48-23-22-47-49-24-26-51-53-28-30-55-56-31-29-54(52)69(80)71(56)81(76,46-20-10-41(11-21-46)36-61(90)91)70(55)68(53)79(74,44-16-6-39(7-17-44)34-59(86)87)66(51)64(49)77(72,42-12-2-37(3-13-42)32-57(82)83)62(47)63(48)78(73,65(50)67)43-14-4-38(5-15-43)33-58(84)85/h2-31H,32-36H2,1H3,(H,82,83)(H,84,85)(H,86,87)(H,88,89)(H,90,91)/t76-,77+,78-,79+,80-,81+. The molecule has 10 aromatic carbocycles. The molecule has 0 saturated carbocycles. The Morgan fingerprint density at radius 1 is 0.253 bits per heavy atom. The van der Waals surface area contributed by atoms with Crippen LogP contribution in [0, 0.1) is 5.41 Å². The lowest BCUT2D eigenvalue weighted by Crippen LogP contribution is -2.62. The van der Waals surface area contributed by atoms with Gasteiger partial charge in [-0.25, -0.2) is 0 Å². The van der Waals surface area contributed by atoms with E-state index in [1.54, 1.807) is 0 Å². The van der Waals surface area contributed by atoms with Gasteiger partial charge in [-0.15, -0.1) is 0 Å². The van der Waals surface area contributed by atoms with Gasteiger partial charge in [0.25, 0.3) is 0 Å². The average molecular weight is 1180 g/mol. The van der Waals surface area contributed by atoms with E-state index in [2.05, 4.69) is 128 Å². The summed E-state index contributed by atoms with van der Waals surface area (Å²) in [5.41, 5.74) is 29.4. The molecule has 11 aliphatic rings. The molecule has 0 saturated heterocycles. The Morgan fingerprint density at radius 3 is 0.670 bits per heavy atom. The van der Waals surface area contributed by atoms with Crippen LogP contribution in [0.25, 0.3) is 55.6 Å². The molecule has 0 heterocycles. The normalized spacial score (nSPS) is 24.7. The van der Waals surface area contributed by atoms with Gasteiger partial charge in [0, 0.05) is 5.41 Å². The molecule has 91 heavy (non-hydrogen) atoms. The molecule has 0 amide bonds. The SMILES string of the molecule is C[C@]12C3=C4C5=C1[C@@]1(c6ccc(CC(=O)O)cc6)c6c7ccc8c6[C@]5(c5ccc(CC(=O)O)cc5)c5c-8ccc6c5[C@]4(c4ccc(CC(=O)O)cc4)c4c-6ccc5c4[C@]3(c3ccc(CC(=O)O)cc3)c3c-5ccc4c3[C@]2(c2ccc(CC(=O)O)cc2)c2c-4ccc-7c21. The highest BCUT2D eigenvalue weighted by molar-refractivity contribution is 6.15. The van der Waals surface area contributed by atoms with Crippen LogP contribution in [-0.2, 0) is 83.2 Å². The molecule has 5 N–H and O–H groups in total. The quantitative estimate of drug-likeness (QED) is 0.0661. The minimum absolute atomic E-state index is 0.166. The monoisotopic (exact) mass is 1180 g/mol. The van der Waals surface area contributed by atoms with Crippen molar-refractivity contribution in [3.8, 4) is 55.6 Å². The van der Waals surface area contributed by atoms with Crippen LogP contribution in [0.1, 0.15) is 118 Å². The molecule has 0 aliphatic heterocycles. The smallest absolute Gasteiger partial charge is 0.307 e. The van der Waals surface area contributed by atoms with E-state index in [0.29, 0.717) is 27.8 Å². The first-order valence-corrected chi connectivity index (χ1v) is 31.1. The second-order valence-corrected chi connectivity index (χ2v) is 27.3. The lowest BCUT2D eigenvalue weighted by molar-refractivity contribution is -0.137. The molecule has 0 fully saturated rings. The Kier molecular flexibility index (Phi) is 8.43. The van der Waals surface area contributed by atoms with E-state index < -0.39 is 62.3 Å². The lowest BCUT2D eigenvalue weighted by Gasteiger charge is -2.65. The molecule has 0 aromatic heterocycles. The van der Waals surface area contributed by atoms with Crippen molar-refractivity contribution in [2.24, 2.45) is 5.41 Å². The average Bonchev–Trinajstić information content (AvgIpc) is 1.39. The molecule has 10 aromatic rings. The number of hydrogen-bond acceptors (Lipinski definition) is 5. The van der Waals surface area contributed by atoms with Crippen molar-refractivity contribution in [3.05, 3.63) is 316 Å². The Labute approximate surface area is 519 Å². The van der Waals surface area contributed by atoms with Gasteiger partial charge in [-0.3, -0.25) is 24.0 Å². The third-order valence-corrected chi connectivity index (χ3v) is 23.9. The van der Waals surface area contributed by atoms with Crippen molar-refractivity contribution in [3.63, 3.8) is 0 Å². The van der Waals surface area contributed by atoms with Crippen molar-refractivity contribution >= 4 is 29.8 Å². The van der Waals surface area contributed by atoms with Gasteiger partial charge in [-0.2, -0.15) is 0 Å². The fraction of sp³-hybridized carbons (Fsp3) is 0.148. The topological polar surface area (TPSA) is 186 Å². The van der Waals surface area contributed by atoms with Crippen LogP contribution in [0.15, 0.2) is 204 Å². The molecule has 11 aliphatic carbocycles. The number of carboxylic acids is 5. The van der Waals surface area contributed by atoms with E-state index in [1.807, 2.05) is 60.7 Å². The summed E-state index contributed by atoms with van der Waals surface area (Å²) in [4.78, 5) is 63.3. The van der Waals surface area contributed by atoms with Gasteiger partial charge in [0.05, 0.1) is 59.2 Å². The molecule has 10 heteroatoms. The Morgan fingerprint density at radius 2 is 0.440 bits per heavy atom. The number of allylic oxidation sites excluding steroid dienone is 4. The molecule has 21 rings (SSSR count). The summed E-state index contributed by atoms with van der Waals surface area (Å²) in [6.45, 7) is 2.54. The highest BCUT2D eigenvalue weighted by Crippen LogP contribution is 2.93. The van der Waals surface area contributed by atoms with Crippen molar-refractivity contribution in [1.29, 1.82) is 0 Å². The van der Waals surface area contributed by atoms with Crippen LogP contribution in [0.3, 0.4) is 0 Å². The highest BCUT2D eigenvalue weighted by Gasteiger charge is 2.85. The minimum atomic E-state index is -1.10. The number of rotatable bonds is 15. The maximum absolute atomic E-state index is 12.7. The molecule has 6 atom stereocenters. The largest absolute Gasteiger partial charge is 0.481 e. The molecular weight excluding hydrogens is 1130 g/mol. The molecule has 0 bridgehead atoms. The maximum Gasteiger partial charge on any atom is 0.307 e. The summed E-state index contributed by atoms with van der Waals surface area (Å²) < 4.78 is 0. The van der Waals surface area contributed by atoms with Crippen LogP contribution in [0.2, 0.25) is 0 Å². The number of aliphatic carboxylic acids is 5. The van der Waals surface area contributed by atoms with E-state index in [9.17, 15) is 49.5 Å². The van der Waals surface area contributed by atoms with Crippen molar-refractivity contribution in [2.75, 3.05) is 0 Å². The van der Waals surface area contributed by atoms with Crippen molar-refractivity contribution in [1.82, 2.24) is 0 Å². The van der Waals surface area contributed by atoms with Gasteiger partial charge < -0.3 is 25.5 Å². The summed E-state index contributed by atoms with van der Waals surface area (Å²) in [5, 5.41) is 51.9. The van der Waals surface area contributed by atoms with Crippen LogP contribution >= 0.6 is 0 Å². The number of benzene rings is 10. The van der Waals surface area contributed by atoms with E-state index in [0.717, 1.165) is 83.5 Å². The zero-order valence-electron chi connectivity index (χ0n) is 48.6. The zero-order chi connectivity index (χ0) is 61.3. The summed E-state index contributed by atoms with van der Waals surface area (Å²) >= 11 is 0. The molecule has 10 nitrogen and oxygen atoms in total. The Balaban J connectivity index is 1.08. The zero-order valence-corrected chi connectivity index (χ0v) is 48.6. The van der Waals surface area contributed by atoms with E-state index in [-0.39, 0.29) is 32.1 Å². The van der Waals surface area contributed by atoms with Crippen molar-refractivity contribution in [2.45, 2.75) is 66.1 Å². The lowest BCUT2D eigenvalue weighted by atomic mass is 9.35. The second-order valence-electron chi connectivity index (χ2n) is 27.3. The van der Waals surface area contributed by atoms with Gasteiger partial charge in [0.15, 0.2) is 0 Å². The van der Waals surface area contributed by atoms with Gasteiger partial charge in [0.2, 0.25) is 0 Å². The van der Waals surface area contributed by atoms with E-state index >= 15 is 0 Å². The van der Waals surface area contributed by atoms with Crippen LogP contribution < -0.4 is 0 Å². The highest BCUT2D eigenvalue weighted by atomic mass is 16.4. The van der Waals surface area contributed by atoms with Gasteiger partial charge in [-0.05, 0) is 189 Å². The third-order valence-electron chi connectivity index (χ3n) is 23.9. The fourth-order valence-electron chi connectivity index (χ4n) is 21.9. The number of fused-ring (bicyclic) bond motifs is 5. The molecule has 432 valence electrons. The molecule has 0 radical (unpaired) electrons. The van der Waals surface area contributed by atoms with Crippen LogP contribution in [0.5, 0.6) is 0 Å². The van der Waals surface area contributed by atoms with Gasteiger partial charge >= 0.3 is 29.8 Å². The van der Waals surface area contributed by atoms with E-state index in [1.165, 1.54) is 77.9 Å². The first-order chi connectivity index (χ1) is 44.1. The van der Waals surface area contributed by atoms with Crippen LogP contribution in [-0.4, -0.2) is 55.4 Å². The second kappa shape index (κ2) is 15.4. The third kappa shape index (κ3) is 4.85. The van der Waals surface area contributed by atoms with Gasteiger partial charge in [0.1, 0.15) is 0 Å². The fourth-order valence-corrected chi connectivity index (χ4v) is 21.9. The van der Waals surface area contributed by atoms with Crippen LogP contribution in [0.4, 0.5) is 0 Å². The maximum atomic E-state index is 12.7. The summed E-state index contributed by atoms with van der Waals surface area (Å²) in [6, 6.07) is 65.4. The number of carbonyl (C=O) groups is 5. The van der Waals surface area contributed by atoms with E-state index in [4.69, 9.17) is 0 Å². The number of carboxylic acid groups (broad SMARTS) is 5. The minimum Gasteiger partial charge on any atom is -0.481 e. The Hall–Kier alpha value is -11.0. The predicted octanol–water partition coefficient (Wildman–Crippen LogP) is 13.4. The summed E-state index contributed by atoms with van der Waals surface area (Å²) in [6.07, 6.45) is -0.833. The number of hydrogen-bond donors (Lipinski definition) is 5. The first-order valence-electron chi connectivity index (χ1n) is 31.1. The predicted molar refractivity (Wildman–Crippen MR) is 338 cm³/mol.